The van der Waals surface area contributed by atoms with Gasteiger partial charge in [-0.1, -0.05) is 76.9 Å². The second kappa shape index (κ2) is 8.03. The summed E-state index contributed by atoms with van der Waals surface area (Å²) in [4.78, 5) is 0. The molecule has 0 N–H and O–H groups in total. The van der Waals surface area contributed by atoms with Crippen LogP contribution in [0.15, 0.2) is 59.0 Å². The summed E-state index contributed by atoms with van der Waals surface area (Å²) in [6.07, 6.45) is 3.07. The lowest BCUT2D eigenvalue weighted by atomic mass is 10.2. The molecule has 0 fully saturated rings. The molecule has 3 rings (SSSR count). The van der Waals surface area contributed by atoms with Crippen LogP contribution >= 0.6 is 46.6 Å². The summed E-state index contributed by atoms with van der Waals surface area (Å²) >= 11 is 19.9. The molecule has 2 aromatic carbocycles. The van der Waals surface area contributed by atoms with Crippen molar-refractivity contribution >= 4 is 52.8 Å². The molecule has 4 nitrogen and oxygen atoms in total. The van der Waals surface area contributed by atoms with Gasteiger partial charge in [0.05, 0.1) is 21.3 Å². The van der Waals surface area contributed by atoms with Crippen LogP contribution in [0.4, 0.5) is 0 Å². The molecule has 0 saturated heterocycles. The Morgan fingerprint density at radius 1 is 1.04 bits per heavy atom. The first-order valence-electron chi connectivity index (χ1n) is 6.90. The third-order valence-corrected chi connectivity index (χ3v) is 5.25. The second-order valence-corrected chi connectivity index (χ2v) is 6.87. The number of halogens is 3. The molecule has 122 valence electrons. The minimum Gasteiger partial charge on any atom is -0.195 e. The molecule has 0 spiro atoms. The van der Waals surface area contributed by atoms with Gasteiger partial charge in [0, 0.05) is 11.3 Å². The SMILES string of the molecule is Clc1ccc(Cl)c(C=Nn2cnnc2SCc2ccccc2)c1Cl. The topological polar surface area (TPSA) is 43.1 Å². The van der Waals surface area contributed by atoms with Gasteiger partial charge < -0.3 is 0 Å². The third kappa shape index (κ3) is 4.11. The minimum absolute atomic E-state index is 0.361. The van der Waals surface area contributed by atoms with Crippen LogP contribution in [0.2, 0.25) is 15.1 Å². The highest BCUT2D eigenvalue weighted by atomic mass is 35.5. The van der Waals surface area contributed by atoms with Crippen molar-refractivity contribution in [3.05, 3.63) is 75.0 Å². The first-order valence-corrected chi connectivity index (χ1v) is 9.01. The third-order valence-electron chi connectivity index (χ3n) is 3.10. The number of nitrogens with zero attached hydrogens (tertiary/aromatic N) is 4. The maximum Gasteiger partial charge on any atom is 0.212 e. The van der Waals surface area contributed by atoms with Crippen LogP contribution < -0.4 is 0 Å². The van der Waals surface area contributed by atoms with Crippen molar-refractivity contribution in [2.75, 3.05) is 0 Å². The Bertz CT molecular complexity index is 865. The van der Waals surface area contributed by atoms with Gasteiger partial charge in [0.25, 0.3) is 0 Å². The zero-order chi connectivity index (χ0) is 16.9. The molecule has 0 saturated carbocycles. The summed E-state index contributed by atoms with van der Waals surface area (Å²) in [6, 6.07) is 13.4. The van der Waals surface area contributed by atoms with E-state index < -0.39 is 0 Å². The molecule has 0 amide bonds. The molecule has 0 atom stereocenters. The Morgan fingerprint density at radius 2 is 1.79 bits per heavy atom. The van der Waals surface area contributed by atoms with Crippen LogP contribution in [-0.4, -0.2) is 21.1 Å². The Morgan fingerprint density at radius 3 is 2.58 bits per heavy atom. The number of benzene rings is 2. The Hall–Kier alpha value is -1.53. The van der Waals surface area contributed by atoms with E-state index in [9.17, 15) is 0 Å². The van der Waals surface area contributed by atoms with E-state index in [1.54, 1.807) is 23.0 Å². The number of thioether (sulfide) groups is 1. The maximum atomic E-state index is 6.17. The van der Waals surface area contributed by atoms with Gasteiger partial charge in [-0.25, -0.2) is 0 Å². The van der Waals surface area contributed by atoms with Gasteiger partial charge in [0.2, 0.25) is 5.16 Å². The molecular weight excluding hydrogens is 387 g/mol. The van der Waals surface area contributed by atoms with Gasteiger partial charge in [-0.05, 0) is 17.7 Å². The molecule has 1 heterocycles. The summed E-state index contributed by atoms with van der Waals surface area (Å²) in [5, 5.41) is 14.2. The Labute approximate surface area is 158 Å². The molecule has 0 radical (unpaired) electrons. The molecule has 0 aliphatic carbocycles. The molecule has 0 aliphatic rings. The van der Waals surface area contributed by atoms with Crippen molar-refractivity contribution in [1.29, 1.82) is 0 Å². The summed E-state index contributed by atoms with van der Waals surface area (Å²) in [6.45, 7) is 0. The van der Waals surface area contributed by atoms with Gasteiger partial charge in [0.15, 0.2) is 0 Å². The molecular formula is C16H11Cl3N4S. The first kappa shape index (κ1) is 17.3. The van der Waals surface area contributed by atoms with E-state index in [0.29, 0.717) is 25.8 Å². The molecule has 1 aromatic heterocycles. The lowest BCUT2D eigenvalue weighted by Gasteiger charge is -2.04. The van der Waals surface area contributed by atoms with Gasteiger partial charge in [-0.2, -0.15) is 9.78 Å². The summed E-state index contributed by atoms with van der Waals surface area (Å²) in [7, 11) is 0. The van der Waals surface area contributed by atoms with E-state index in [2.05, 4.69) is 27.4 Å². The summed E-state index contributed by atoms with van der Waals surface area (Å²) in [5.41, 5.74) is 1.75. The summed E-state index contributed by atoms with van der Waals surface area (Å²) < 4.78 is 1.57. The monoisotopic (exact) mass is 396 g/mol. The Kier molecular flexibility index (Phi) is 5.79. The molecule has 8 heteroatoms. The molecule has 0 aliphatic heterocycles. The molecule has 3 aromatic rings. The van der Waals surface area contributed by atoms with E-state index in [4.69, 9.17) is 34.8 Å². The van der Waals surface area contributed by atoms with Crippen LogP contribution in [0, 0.1) is 0 Å². The van der Waals surface area contributed by atoms with Gasteiger partial charge >= 0.3 is 0 Å². The maximum absolute atomic E-state index is 6.17. The fraction of sp³-hybridized carbons (Fsp3) is 0.0625. The van der Waals surface area contributed by atoms with Gasteiger partial charge in [-0.3, -0.25) is 0 Å². The van der Waals surface area contributed by atoms with Crippen molar-refractivity contribution < 1.29 is 0 Å². The van der Waals surface area contributed by atoms with Crippen molar-refractivity contribution in [2.45, 2.75) is 10.9 Å². The number of aromatic nitrogens is 3. The van der Waals surface area contributed by atoms with Crippen molar-refractivity contribution in [3.8, 4) is 0 Å². The normalized spacial score (nSPS) is 11.3. The van der Waals surface area contributed by atoms with Gasteiger partial charge in [-0.15, -0.1) is 10.2 Å². The standard InChI is InChI=1S/C16H11Cl3N4S/c17-13-6-7-14(18)15(19)12(13)8-21-23-10-20-22-16(23)24-9-11-4-2-1-3-5-11/h1-8,10H,9H2. The van der Waals surface area contributed by atoms with Gasteiger partial charge in [0.1, 0.15) is 6.33 Å². The average Bonchev–Trinajstić information content (AvgIpc) is 3.05. The predicted molar refractivity (Wildman–Crippen MR) is 100 cm³/mol. The minimum atomic E-state index is 0.361. The molecule has 24 heavy (non-hydrogen) atoms. The first-order chi connectivity index (χ1) is 11.6. The van der Waals surface area contributed by atoms with E-state index in [1.807, 2.05) is 18.2 Å². The average molecular weight is 398 g/mol. The number of rotatable bonds is 5. The van der Waals surface area contributed by atoms with Crippen LogP contribution in [0.25, 0.3) is 0 Å². The highest BCUT2D eigenvalue weighted by Gasteiger charge is 2.09. The quantitative estimate of drug-likeness (QED) is 0.328. The van der Waals surface area contributed by atoms with Crippen molar-refractivity contribution in [3.63, 3.8) is 0 Å². The molecule has 0 unspecified atom stereocenters. The number of hydrogen-bond acceptors (Lipinski definition) is 4. The zero-order valence-corrected chi connectivity index (χ0v) is 15.3. The Balaban J connectivity index is 1.77. The van der Waals surface area contributed by atoms with E-state index in [0.717, 1.165) is 5.75 Å². The smallest absolute Gasteiger partial charge is 0.195 e. The van der Waals surface area contributed by atoms with E-state index in [-0.39, 0.29) is 0 Å². The summed E-state index contributed by atoms with van der Waals surface area (Å²) in [5.74, 6) is 0.772. The number of hydrogen-bond donors (Lipinski definition) is 0. The predicted octanol–water partition coefficient (Wildman–Crippen LogP) is 5.41. The van der Waals surface area contributed by atoms with Crippen molar-refractivity contribution in [2.24, 2.45) is 5.10 Å². The lowest BCUT2D eigenvalue weighted by Crippen LogP contribution is -1.94. The van der Waals surface area contributed by atoms with E-state index >= 15 is 0 Å². The van der Waals surface area contributed by atoms with Crippen LogP contribution in [0.1, 0.15) is 11.1 Å². The van der Waals surface area contributed by atoms with Crippen LogP contribution in [-0.2, 0) is 5.75 Å². The molecule has 0 bridgehead atoms. The fourth-order valence-electron chi connectivity index (χ4n) is 1.90. The lowest BCUT2D eigenvalue weighted by molar-refractivity contribution is 0.767. The highest BCUT2D eigenvalue weighted by molar-refractivity contribution is 7.98. The fourth-order valence-corrected chi connectivity index (χ4v) is 3.35. The van der Waals surface area contributed by atoms with Crippen molar-refractivity contribution in [1.82, 2.24) is 14.9 Å². The second-order valence-electron chi connectivity index (χ2n) is 4.73. The van der Waals surface area contributed by atoms with Crippen LogP contribution in [0.5, 0.6) is 0 Å². The highest BCUT2D eigenvalue weighted by Crippen LogP contribution is 2.30. The largest absolute Gasteiger partial charge is 0.212 e. The van der Waals surface area contributed by atoms with E-state index in [1.165, 1.54) is 23.7 Å². The van der Waals surface area contributed by atoms with Crippen LogP contribution in [0.3, 0.4) is 0 Å². The zero-order valence-electron chi connectivity index (χ0n) is 12.2.